The maximum Gasteiger partial charge on any atom is 0.261 e. The van der Waals surface area contributed by atoms with Gasteiger partial charge >= 0.3 is 0 Å². The van der Waals surface area contributed by atoms with Crippen LogP contribution in [0.2, 0.25) is 5.02 Å². The first-order chi connectivity index (χ1) is 12.9. The van der Waals surface area contributed by atoms with E-state index >= 15 is 0 Å². The lowest BCUT2D eigenvalue weighted by Gasteiger charge is -2.21. The second-order valence-corrected chi connectivity index (χ2v) is 8.96. The molecule has 0 aliphatic carbocycles. The van der Waals surface area contributed by atoms with Gasteiger partial charge in [0.25, 0.3) is 5.91 Å². The van der Waals surface area contributed by atoms with Crippen molar-refractivity contribution in [1.82, 2.24) is 9.88 Å². The third kappa shape index (κ3) is 4.69. The molecule has 0 aliphatic rings. The molecule has 0 aliphatic heterocycles. The quantitative estimate of drug-likeness (QED) is 0.473. The van der Waals surface area contributed by atoms with Crippen LogP contribution in [0.1, 0.15) is 22.3 Å². The number of aryl methyl sites for hydroxylation is 1. The predicted octanol–water partition coefficient (Wildman–Crippen LogP) is 5.62. The SMILES string of the molecule is Cc1cc(Cl)cc2sc(N(CCCN(C)C)C(=O)c3ccccc3Br)nc12. The van der Waals surface area contributed by atoms with E-state index < -0.39 is 0 Å². The van der Waals surface area contributed by atoms with Gasteiger partial charge in [-0.2, -0.15) is 0 Å². The number of anilines is 1. The Hall–Kier alpha value is -1.47. The topological polar surface area (TPSA) is 36.4 Å². The highest BCUT2D eigenvalue weighted by atomic mass is 79.9. The maximum atomic E-state index is 13.3. The van der Waals surface area contributed by atoms with E-state index in [-0.39, 0.29) is 5.91 Å². The van der Waals surface area contributed by atoms with Gasteiger partial charge < -0.3 is 4.90 Å². The number of carbonyl (C=O) groups is 1. The van der Waals surface area contributed by atoms with Gasteiger partial charge in [-0.15, -0.1) is 0 Å². The summed E-state index contributed by atoms with van der Waals surface area (Å²) < 4.78 is 1.78. The van der Waals surface area contributed by atoms with Gasteiger partial charge in [-0.05, 0) is 79.7 Å². The van der Waals surface area contributed by atoms with Crippen LogP contribution in [-0.2, 0) is 0 Å². The van der Waals surface area contributed by atoms with E-state index in [9.17, 15) is 4.79 Å². The number of hydrogen-bond acceptors (Lipinski definition) is 4. The molecule has 0 atom stereocenters. The van der Waals surface area contributed by atoms with Crippen molar-refractivity contribution in [2.45, 2.75) is 13.3 Å². The fourth-order valence-electron chi connectivity index (χ4n) is 2.87. The molecule has 0 fully saturated rings. The molecule has 0 bridgehead atoms. The van der Waals surface area contributed by atoms with Crippen LogP contribution >= 0.6 is 38.9 Å². The normalized spacial score (nSPS) is 11.3. The molecule has 142 valence electrons. The van der Waals surface area contributed by atoms with Gasteiger partial charge in [0, 0.05) is 16.0 Å². The molecular formula is C20H21BrClN3OS. The van der Waals surface area contributed by atoms with E-state index in [0.717, 1.165) is 33.2 Å². The van der Waals surface area contributed by atoms with Crippen molar-refractivity contribution >= 4 is 60.1 Å². The molecule has 1 amide bonds. The molecule has 3 aromatic rings. The molecule has 7 heteroatoms. The van der Waals surface area contributed by atoms with E-state index in [4.69, 9.17) is 16.6 Å². The van der Waals surface area contributed by atoms with E-state index in [1.807, 2.05) is 57.4 Å². The molecule has 0 saturated carbocycles. The minimum absolute atomic E-state index is 0.0518. The Morgan fingerprint density at radius 1 is 1.22 bits per heavy atom. The highest BCUT2D eigenvalue weighted by Crippen LogP contribution is 2.34. The number of carbonyl (C=O) groups excluding carboxylic acids is 1. The Kier molecular flexibility index (Phi) is 6.52. The van der Waals surface area contributed by atoms with Crippen molar-refractivity contribution in [3.8, 4) is 0 Å². The molecule has 1 heterocycles. The zero-order valence-electron chi connectivity index (χ0n) is 15.5. The molecule has 0 saturated heterocycles. The first-order valence-electron chi connectivity index (χ1n) is 8.64. The number of nitrogens with zero attached hydrogens (tertiary/aromatic N) is 3. The van der Waals surface area contributed by atoms with E-state index in [0.29, 0.717) is 22.3 Å². The largest absolute Gasteiger partial charge is 0.309 e. The summed E-state index contributed by atoms with van der Waals surface area (Å²) in [6.07, 6.45) is 0.860. The summed E-state index contributed by atoms with van der Waals surface area (Å²) in [5, 5.41) is 1.39. The van der Waals surface area contributed by atoms with E-state index in [2.05, 4.69) is 20.8 Å². The van der Waals surface area contributed by atoms with Gasteiger partial charge in [0.15, 0.2) is 5.13 Å². The van der Waals surface area contributed by atoms with Crippen molar-refractivity contribution in [3.05, 3.63) is 57.0 Å². The highest BCUT2D eigenvalue weighted by molar-refractivity contribution is 9.10. The Labute approximate surface area is 176 Å². The Bertz CT molecular complexity index is 973. The zero-order chi connectivity index (χ0) is 19.6. The van der Waals surface area contributed by atoms with Crippen molar-refractivity contribution in [2.24, 2.45) is 0 Å². The van der Waals surface area contributed by atoms with Crippen molar-refractivity contribution < 1.29 is 4.79 Å². The van der Waals surface area contributed by atoms with Crippen LogP contribution < -0.4 is 4.90 Å². The molecule has 0 radical (unpaired) electrons. The third-order valence-electron chi connectivity index (χ3n) is 4.21. The van der Waals surface area contributed by atoms with Gasteiger partial charge in [-0.25, -0.2) is 4.98 Å². The number of rotatable bonds is 6. The summed E-state index contributed by atoms with van der Waals surface area (Å²) >= 11 is 11.2. The Morgan fingerprint density at radius 2 is 1.96 bits per heavy atom. The predicted molar refractivity (Wildman–Crippen MR) is 118 cm³/mol. The van der Waals surface area contributed by atoms with Crippen LogP contribution in [0.5, 0.6) is 0 Å². The number of aromatic nitrogens is 1. The monoisotopic (exact) mass is 465 g/mol. The number of fused-ring (bicyclic) bond motifs is 1. The average Bonchev–Trinajstić information content (AvgIpc) is 3.02. The molecule has 27 heavy (non-hydrogen) atoms. The van der Waals surface area contributed by atoms with Crippen molar-refractivity contribution in [2.75, 3.05) is 32.1 Å². The lowest BCUT2D eigenvalue weighted by atomic mass is 10.2. The van der Waals surface area contributed by atoms with Gasteiger partial charge in [-0.1, -0.05) is 35.1 Å². The number of thiazole rings is 1. The average molecular weight is 467 g/mol. The first kappa shape index (κ1) is 20.3. The summed E-state index contributed by atoms with van der Waals surface area (Å²) in [5.74, 6) is -0.0518. The van der Waals surface area contributed by atoms with Crippen LogP contribution in [-0.4, -0.2) is 43.0 Å². The summed E-state index contributed by atoms with van der Waals surface area (Å²) in [7, 11) is 4.06. The zero-order valence-corrected chi connectivity index (χ0v) is 18.7. The third-order valence-corrected chi connectivity index (χ3v) is 6.14. The van der Waals surface area contributed by atoms with E-state index in [1.165, 1.54) is 11.3 Å². The second kappa shape index (κ2) is 8.69. The number of amides is 1. The van der Waals surface area contributed by atoms with Crippen LogP contribution in [0.3, 0.4) is 0 Å². The molecule has 3 rings (SSSR count). The summed E-state index contributed by atoms with van der Waals surface area (Å²) in [4.78, 5) is 22.0. The van der Waals surface area contributed by atoms with Gasteiger partial charge in [0.05, 0.1) is 15.8 Å². The minimum Gasteiger partial charge on any atom is -0.309 e. The molecule has 0 N–H and O–H groups in total. The molecule has 2 aromatic carbocycles. The second-order valence-electron chi connectivity index (χ2n) is 6.66. The van der Waals surface area contributed by atoms with Gasteiger partial charge in [-0.3, -0.25) is 9.69 Å². The van der Waals surface area contributed by atoms with Crippen LogP contribution in [0, 0.1) is 6.92 Å². The van der Waals surface area contributed by atoms with Crippen LogP contribution in [0.25, 0.3) is 10.2 Å². The fourth-order valence-corrected chi connectivity index (χ4v) is 4.77. The minimum atomic E-state index is -0.0518. The fraction of sp³-hybridized carbons (Fsp3) is 0.300. The molecule has 4 nitrogen and oxygen atoms in total. The van der Waals surface area contributed by atoms with Gasteiger partial charge in [0.2, 0.25) is 0 Å². The lowest BCUT2D eigenvalue weighted by molar-refractivity contribution is 0.0985. The molecule has 0 spiro atoms. The molecule has 0 unspecified atom stereocenters. The highest BCUT2D eigenvalue weighted by Gasteiger charge is 2.23. The number of halogens is 2. The Morgan fingerprint density at radius 3 is 2.67 bits per heavy atom. The number of hydrogen-bond donors (Lipinski definition) is 0. The smallest absolute Gasteiger partial charge is 0.261 e. The van der Waals surface area contributed by atoms with Gasteiger partial charge in [0.1, 0.15) is 0 Å². The Balaban J connectivity index is 2.00. The summed E-state index contributed by atoms with van der Waals surface area (Å²) in [6, 6.07) is 11.3. The van der Waals surface area contributed by atoms with E-state index in [1.54, 1.807) is 4.90 Å². The summed E-state index contributed by atoms with van der Waals surface area (Å²) in [6.45, 7) is 3.49. The number of benzene rings is 2. The molecule has 1 aromatic heterocycles. The maximum absolute atomic E-state index is 13.3. The lowest BCUT2D eigenvalue weighted by Crippen LogP contribution is -2.33. The van der Waals surface area contributed by atoms with Crippen LogP contribution in [0.15, 0.2) is 40.9 Å². The van der Waals surface area contributed by atoms with Crippen molar-refractivity contribution in [3.63, 3.8) is 0 Å². The van der Waals surface area contributed by atoms with Crippen molar-refractivity contribution in [1.29, 1.82) is 0 Å². The summed E-state index contributed by atoms with van der Waals surface area (Å²) in [5.41, 5.74) is 2.55. The standard InChI is InChI=1S/C20H21BrClN3OS/c1-13-11-14(22)12-17-18(13)23-20(27-17)25(10-6-9-24(2)3)19(26)15-7-4-5-8-16(15)21/h4-5,7-8,11-12H,6,9-10H2,1-3H3. The van der Waals surface area contributed by atoms with Crippen LogP contribution in [0.4, 0.5) is 5.13 Å². The molecular weight excluding hydrogens is 446 g/mol. The first-order valence-corrected chi connectivity index (χ1v) is 10.6.